The minimum absolute atomic E-state index is 0.191. The number of aromatic nitrogens is 2. The molecule has 0 bridgehead atoms. The first kappa shape index (κ1) is 25.6. The smallest absolute Gasteiger partial charge is 0.262 e. The van der Waals surface area contributed by atoms with Gasteiger partial charge in [0.15, 0.2) is 0 Å². The lowest BCUT2D eigenvalue weighted by molar-refractivity contribution is 0.221. The largest absolute Gasteiger partial charge is 0.437 e. The van der Waals surface area contributed by atoms with Gasteiger partial charge < -0.3 is 9.40 Å². The Morgan fingerprint density at radius 1 is 0.895 bits per heavy atom. The number of hydrogen-bond acceptors (Lipinski definition) is 4. The van der Waals surface area contributed by atoms with E-state index < -0.39 is 5.82 Å². The van der Waals surface area contributed by atoms with Gasteiger partial charge in [-0.15, -0.1) is 0 Å². The van der Waals surface area contributed by atoms with Gasteiger partial charge >= 0.3 is 0 Å². The predicted octanol–water partition coefficient (Wildman–Crippen LogP) is 7.22. The number of benzene rings is 3. The summed E-state index contributed by atoms with van der Waals surface area (Å²) in [5, 5.41) is 0.324. The number of hydrogen-bond donors (Lipinski definition) is 1. The molecular formula is C32H32FN3O2. The summed E-state index contributed by atoms with van der Waals surface area (Å²) in [4.78, 5) is 21.6. The van der Waals surface area contributed by atoms with E-state index >= 15 is 0 Å². The molecule has 0 atom stereocenters. The number of furan rings is 1. The highest BCUT2D eigenvalue weighted by Crippen LogP contribution is 2.39. The number of fused-ring (bicyclic) bond motifs is 1. The second-order valence-electron chi connectivity index (χ2n) is 9.57. The monoisotopic (exact) mass is 509 g/mol. The molecule has 0 amide bonds. The highest BCUT2D eigenvalue weighted by molar-refractivity contribution is 5.99. The van der Waals surface area contributed by atoms with Crippen LogP contribution in [0.5, 0.6) is 0 Å². The van der Waals surface area contributed by atoms with Crippen LogP contribution in [0.4, 0.5) is 4.39 Å². The summed E-state index contributed by atoms with van der Waals surface area (Å²) in [5.74, 6) is -0.106. The van der Waals surface area contributed by atoms with Crippen molar-refractivity contribution in [2.75, 3.05) is 13.1 Å². The molecule has 6 rings (SSSR count). The highest BCUT2D eigenvalue weighted by atomic mass is 19.1. The maximum atomic E-state index is 14.4. The maximum absolute atomic E-state index is 14.4. The topological polar surface area (TPSA) is 62.1 Å². The van der Waals surface area contributed by atoms with Gasteiger partial charge in [-0.2, -0.15) is 0 Å². The first-order valence-electron chi connectivity index (χ1n) is 13.2. The lowest BCUT2D eigenvalue weighted by Gasteiger charge is -2.26. The number of H-pyrrole nitrogens is 1. The van der Waals surface area contributed by atoms with Crippen molar-refractivity contribution in [2.45, 2.75) is 39.2 Å². The Balaban J connectivity index is 0.000000190. The van der Waals surface area contributed by atoms with Crippen LogP contribution in [0, 0.1) is 5.82 Å². The first-order chi connectivity index (χ1) is 18.6. The second-order valence-corrected chi connectivity index (χ2v) is 9.57. The van der Waals surface area contributed by atoms with Crippen molar-refractivity contribution in [1.82, 2.24) is 14.9 Å². The fraction of sp³-hybridized carbons (Fsp3) is 0.250. The Morgan fingerprint density at radius 3 is 2.32 bits per heavy atom. The normalized spacial score (nSPS) is 13.7. The van der Waals surface area contributed by atoms with E-state index in [1.807, 2.05) is 24.3 Å². The molecule has 6 heteroatoms. The SMILES string of the molecule is CCc1ccc(-c2c(-c3ccccc3F)oc3nc[nH]c(=O)c23)cc1.c1ccc(CN2CCCCC2)cc1. The molecular weight excluding hydrogens is 477 g/mol. The first-order valence-corrected chi connectivity index (χ1v) is 13.2. The Morgan fingerprint density at radius 2 is 1.61 bits per heavy atom. The molecule has 0 saturated carbocycles. The van der Waals surface area contributed by atoms with Crippen LogP contribution in [0.15, 0.2) is 94.4 Å². The lowest BCUT2D eigenvalue weighted by Crippen LogP contribution is -2.28. The summed E-state index contributed by atoms with van der Waals surface area (Å²) in [6.07, 6.45) is 6.38. The van der Waals surface area contributed by atoms with Gasteiger partial charge in [-0.3, -0.25) is 9.69 Å². The molecule has 1 N–H and O–H groups in total. The zero-order valence-corrected chi connectivity index (χ0v) is 21.6. The number of halogens is 1. The van der Waals surface area contributed by atoms with E-state index in [2.05, 4.69) is 52.1 Å². The van der Waals surface area contributed by atoms with E-state index in [-0.39, 0.29) is 11.3 Å². The molecule has 3 heterocycles. The number of rotatable bonds is 5. The molecule has 0 spiro atoms. The van der Waals surface area contributed by atoms with E-state index in [4.69, 9.17) is 4.42 Å². The van der Waals surface area contributed by atoms with Crippen LogP contribution >= 0.6 is 0 Å². The summed E-state index contributed by atoms with van der Waals surface area (Å²) in [7, 11) is 0. The van der Waals surface area contributed by atoms with E-state index in [1.165, 1.54) is 55.9 Å². The molecule has 0 aliphatic carbocycles. The molecule has 1 fully saturated rings. The zero-order valence-electron chi connectivity index (χ0n) is 21.6. The van der Waals surface area contributed by atoms with Gasteiger partial charge in [-0.1, -0.05) is 80.1 Å². The Labute approximate surface area is 222 Å². The number of likely N-dealkylation sites (tertiary alicyclic amines) is 1. The highest BCUT2D eigenvalue weighted by Gasteiger charge is 2.22. The molecule has 3 aromatic carbocycles. The van der Waals surface area contributed by atoms with Crippen LogP contribution in [0.3, 0.4) is 0 Å². The molecule has 5 nitrogen and oxygen atoms in total. The van der Waals surface area contributed by atoms with Crippen LogP contribution in [0.2, 0.25) is 0 Å². The van der Waals surface area contributed by atoms with Crippen molar-refractivity contribution in [3.8, 4) is 22.5 Å². The Kier molecular flexibility index (Phi) is 8.09. The fourth-order valence-corrected chi connectivity index (χ4v) is 4.92. The van der Waals surface area contributed by atoms with Gasteiger partial charge in [-0.05, 0) is 61.2 Å². The van der Waals surface area contributed by atoms with Crippen LogP contribution < -0.4 is 5.56 Å². The number of aryl methyl sites for hydroxylation is 1. The quantitative estimate of drug-likeness (QED) is 0.272. The maximum Gasteiger partial charge on any atom is 0.262 e. The van der Waals surface area contributed by atoms with Gasteiger partial charge in [0.05, 0.1) is 11.9 Å². The fourth-order valence-electron chi connectivity index (χ4n) is 4.92. The molecule has 0 unspecified atom stereocenters. The van der Waals surface area contributed by atoms with Crippen molar-refractivity contribution in [3.05, 3.63) is 112 Å². The third-order valence-corrected chi connectivity index (χ3v) is 6.96. The minimum atomic E-state index is -0.413. The van der Waals surface area contributed by atoms with Gasteiger partial charge in [-0.25, -0.2) is 9.37 Å². The molecule has 38 heavy (non-hydrogen) atoms. The summed E-state index contributed by atoms with van der Waals surface area (Å²) < 4.78 is 20.1. The van der Waals surface area contributed by atoms with Crippen molar-refractivity contribution < 1.29 is 8.81 Å². The van der Waals surface area contributed by atoms with E-state index in [0.29, 0.717) is 22.3 Å². The zero-order chi connectivity index (χ0) is 26.3. The molecule has 5 aromatic rings. The van der Waals surface area contributed by atoms with Gasteiger partial charge in [0.25, 0.3) is 5.56 Å². The van der Waals surface area contributed by atoms with Crippen LogP contribution in [0.1, 0.15) is 37.3 Å². The van der Waals surface area contributed by atoms with Gasteiger partial charge in [0.1, 0.15) is 17.0 Å². The molecule has 0 radical (unpaired) electrons. The van der Waals surface area contributed by atoms with Gasteiger partial charge in [0, 0.05) is 12.1 Å². The number of nitrogens with zero attached hydrogens (tertiary/aromatic N) is 2. The standard InChI is InChI=1S/C20H15FN2O2.C12H17N/c1-2-12-7-9-13(10-8-12)16-17-19(24)22-11-23-20(17)25-18(16)14-5-3-4-6-15(14)21;1-3-7-12(8-4-1)11-13-9-5-2-6-10-13/h3-11H,2H2,1H3,(H,22,23,24);1,3-4,7-8H,2,5-6,9-11H2. The molecule has 1 aliphatic rings. The van der Waals surface area contributed by atoms with Crippen LogP contribution in [-0.2, 0) is 13.0 Å². The summed E-state index contributed by atoms with van der Waals surface area (Å²) >= 11 is 0. The lowest BCUT2D eigenvalue weighted by atomic mass is 9.98. The number of piperidine rings is 1. The summed E-state index contributed by atoms with van der Waals surface area (Å²) in [6, 6.07) is 24.9. The minimum Gasteiger partial charge on any atom is -0.437 e. The van der Waals surface area contributed by atoms with E-state index in [9.17, 15) is 9.18 Å². The van der Waals surface area contributed by atoms with Crippen molar-refractivity contribution in [3.63, 3.8) is 0 Å². The average Bonchev–Trinajstić information content (AvgIpc) is 3.35. The molecule has 2 aromatic heterocycles. The second kappa shape index (κ2) is 12.0. The number of aromatic amines is 1. The molecule has 1 saturated heterocycles. The van der Waals surface area contributed by atoms with Crippen molar-refractivity contribution in [2.24, 2.45) is 0 Å². The molecule has 1 aliphatic heterocycles. The average molecular weight is 510 g/mol. The summed E-state index contributed by atoms with van der Waals surface area (Å²) in [6.45, 7) is 5.78. The summed E-state index contributed by atoms with van der Waals surface area (Å²) in [5.41, 5.74) is 4.14. The van der Waals surface area contributed by atoms with Gasteiger partial charge in [0.2, 0.25) is 5.71 Å². The van der Waals surface area contributed by atoms with Crippen LogP contribution in [0.25, 0.3) is 33.6 Å². The third kappa shape index (κ3) is 5.76. The molecule has 194 valence electrons. The van der Waals surface area contributed by atoms with Crippen LogP contribution in [-0.4, -0.2) is 28.0 Å². The Hall–Kier alpha value is -4.03. The third-order valence-electron chi connectivity index (χ3n) is 6.96. The van der Waals surface area contributed by atoms with E-state index in [1.54, 1.807) is 18.2 Å². The van der Waals surface area contributed by atoms with Crippen molar-refractivity contribution in [1.29, 1.82) is 0 Å². The van der Waals surface area contributed by atoms with Crippen molar-refractivity contribution >= 4 is 11.1 Å². The van der Waals surface area contributed by atoms with E-state index in [0.717, 1.165) is 18.5 Å². The Bertz CT molecular complexity index is 1540. The number of nitrogens with one attached hydrogen (secondary N) is 1. The predicted molar refractivity (Wildman–Crippen MR) is 150 cm³/mol.